The van der Waals surface area contributed by atoms with Crippen molar-refractivity contribution in [1.82, 2.24) is 0 Å². The van der Waals surface area contributed by atoms with E-state index in [4.69, 9.17) is 37.6 Å². The molecule has 3 aliphatic rings. The van der Waals surface area contributed by atoms with E-state index in [0.717, 1.165) is 36.4 Å². The van der Waals surface area contributed by atoms with Crippen LogP contribution in [0.3, 0.4) is 0 Å². The largest absolute Gasteiger partial charge is 0.507 e. The molecule has 24 nitrogen and oxygen atoms in total. The van der Waals surface area contributed by atoms with E-state index in [1.54, 1.807) is 0 Å². The highest BCUT2D eigenvalue weighted by atomic mass is 16.8. The maximum absolute atomic E-state index is 14.1. The summed E-state index contributed by atoms with van der Waals surface area (Å²) in [6, 6.07) is 8.84. The average Bonchev–Trinajstić information content (AvgIpc) is 3.28. The van der Waals surface area contributed by atoms with E-state index in [-0.39, 0.29) is 11.3 Å². The molecule has 0 saturated carbocycles. The van der Waals surface area contributed by atoms with Crippen LogP contribution >= 0.6 is 0 Å². The van der Waals surface area contributed by atoms with Gasteiger partial charge in [-0.1, -0.05) is 6.07 Å². The summed E-state index contributed by atoms with van der Waals surface area (Å²) < 4.78 is 45.4. The molecule has 4 aromatic rings. The van der Waals surface area contributed by atoms with Crippen molar-refractivity contribution in [2.75, 3.05) is 13.2 Å². The zero-order valence-corrected chi connectivity index (χ0v) is 34.2. The monoisotopic (exact) mass is 934 g/mol. The lowest BCUT2D eigenvalue weighted by molar-refractivity contribution is -0.355. The SMILES string of the molecule is C[C@@H]1O[C@@H](Oc2cc(O)c3c(=O)c(O[C@@H]4O[C@H](CO)[C@@H](O)[C@H](O)[C@H]4O)c(-c4ccc(O)c(O)c4)oc3c2)[C@H](O[C@@H]2O[C@H](COC(=O)C=Cc3ccc(O)c(O)c3)[C@@H](O)[C@H](O)[C@H]2O)[C@H](O)[C@H]1O. The van der Waals surface area contributed by atoms with E-state index in [2.05, 4.69) is 0 Å². The van der Waals surface area contributed by atoms with Crippen molar-refractivity contribution in [2.24, 2.45) is 0 Å². The Bertz CT molecular complexity index is 2470. The van der Waals surface area contributed by atoms with Gasteiger partial charge in [0.15, 0.2) is 41.2 Å². The minimum Gasteiger partial charge on any atom is -0.507 e. The quantitative estimate of drug-likeness (QED) is 0.0395. The number of hydrogen-bond donors (Lipinski definition) is 14. The number of esters is 1. The lowest BCUT2D eigenvalue weighted by atomic mass is 9.97. The number of fused-ring (bicyclic) bond motifs is 1. The van der Waals surface area contributed by atoms with Gasteiger partial charge in [-0.25, -0.2) is 4.79 Å². The third kappa shape index (κ3) is 9.67. The van der Waals surface area contributed by atoms with Gasteiger partial charge in [0.1, 0.15) is 90.1 Å². The Morgan fingerprint density at radius 1 is 0.652 bits per heavy atom. The summed E-state index contributed by atoms with van der Waals surface area (Å²) in [6.07, 6.45) is -24.6. The number of benzene rings is 3. The van der Waals surface area contributed by atoms with E-state index in [1.165, 1.54) is 31.2 Å². The first kappa shape index (κ1) is 48.1. The van der Waals surface area contributed by atoms with Crippen LogP contribution in [0.5, 0.6) is 40.2 Å². The zero-order chi connectivity index (χ0) is 47.9. The average molecular weight is 935 g/mol. The summed E-state index contributed by atoms with van der Waals surface area (Å²) >= 11 is 0. The number of ether oxygens (including phenoxy) is 7. The molecule has 3 aliphatic heterocycles. The Balaban J connectivity index is 1.15. The molecule has 0 spiro atoms. The number of phenolic OH excluding ortho intramolecular Hbond substituents is 5. The number of phenols is 5. The van der Waals surface area contributed by atoms with Crippen LogP contribution in [0.25, 0.3) is 28.4 Å². The second kappa shape index (κ2) is 19.6. The lowest BCUT2D eigenvalue weighted by Crippen LogP contribution is -2.64. The predicted octanol–water partition coefficient (Wildman–Crippen LogP) is -2.54. The third-order valence-electron chi connectivity index (χ3n) is 11.0. The van der Waals surface area contributed by atoms with Gasteiger partial charge in [-0.3, -0.25) is 4.79 Å². The van der Waals surface area contributed by atoms with Gasteiger partial charge in [-0.15, -0.1) is 0 Å². The molecule has 0 bridgehead atoms. The van der Waals surface area contributed by atoms with Crippen LogP contribution in [0.4, 0.5) is 0 Å². The smallest absolute Gasteiger partial charge is 0.330 e. The molecule has 0 unspecified atom stereocenters. The van der Waals surface area contributed by atoms with Crippen LogP contribution in [-0.2, 0) is 28.5 Å². The number of aliphatic hydroxyl groups excluding tert-OH is 9. The number of rotatable bonds is 12. The molecule has 7 rings (SSSR count). The van der Waals surface area contributed by atoms with Crippen LogP contribution in [0, 0.1) is 0 Å². The summed E-state index contributed by atoms with van der Waals surface area (Å²) in [5.74, 6) is -5.58. The predicted molar refractivity (Wildman–Crippen MR) is 216 cm³/mol. The highest BCUT2D eigenvalue weighted by Gasteiger charge is 2.51. The second-order valence-corrected chi connectivity index (χ2v) is 15.6. The Labute approximate surface area is 370 Å². The van der Waals surface area contributed by atoms with Crippen LogP contribution < -0.4 is 14.9 Å². The molecule has 3 fully saturated rings. The molecule has 1 aromatic heterocycles. The molecular weight excluding hydrogens is 888 g/mol. The summed E-state index contributed by atoms with van der Waals surface area (Å²) in [7, 11) is 0. The van der Waals surface area contributed by atoms with Crippen LogP contribution in [-0.4, -0.2) is 183 Å². The fourth-order valence-corrected chi connectivity index (χ4v) is 7.29. The number of carbonyl (C=O) groups is 1. The van der Waals surface area contributed by atoms with Crippen LogP contribution in [0.2, 0.25) is 0 Å². The van der Waals surface area contributed by atoms with Gasteiger partial charge in [0.2, 0.25) is 23.8 Å². The number of aliphatic hydroxyl groups is 9. The van der Waals surface area contributed by atoms with Gasteiger partial charge < -0.3 is 109 Å². The number of hydrogen-bond acceptors (Lipinski definition) is 24. The van der Waals surface area contributed by atoms with E-state index in [1.807, 2.05) is 0 Å². The Hall–Kier alpha value is -5.84. The maximum atomic E-state index is 14.1. The summed E-state index contributed by atoms with van der Waals surface area (Å²) in [5, 5.41) is 145. The molecule has 66 heavy (non-hydrogen) atoms. The summed E-state index contributed by atoms with van der Waals surface area (Å²) in [4.78, 5) is 26.6. The van der Waals surface area contributed by atoms with Crippen molar-refractivity contribution in [3.8, 4) is 51.6 Å². The Morgan fingerprint density at radius 2 is 1.29 bits per heavy atom. The number of aromatic hydroxyl groups is 5. The van der Waals surface area contributed by atoms with Crippen LogP contribution in [0.1, 0.15) is 12.5 Å². The fourth-order valence-electron chi connectivity index (χ4n) is 7.29. The van der Waals surface area contributed by atoms with Crippen molar-refractivity contribution in [1.29, 1.82) is 0 Å². The molecule has 0 aliphatic carbocycles. The van der Waals surface area contributed by atoms with Crippen molar-refractivity contribution in [2.45, 2.75) is 99.0 Å². The second-order valence-electron chi connectivity index (χ2n) is 15.6. The first-order chi connectivity index (χ1) is 31.3. The minimum atomic E-state index is -2.03. The van der Waals surface area contributed by atoms with Crippen molar-refractivity contribution >= 4 is 23.0 Å². The van der Waals surface area contributed by atoms with Gasteiger partial charge in [-0.05, 0) is 48.9 Å². The third-order valence-corrected chi connectivity index (χ3v) is 11.0. The van der Waals surface area contributed by atoms with E-state index in [0.29, 0.717) is 5.56 Å². The van der Waals surface area contributed by atoms with Crippen molar-refractivity contribution in [3.05, 3.63) is 70.4 Å². The van der Waals surface area contributed by atoms with Crippen molar-refractivity contribution in [3.63, 3.8) is 0 Å². The summed E-state index contributed by atoms with van der Waals surface area (Å²) in [6.45, 7) is -0.220. The fraction of sp³-hybridized carbons (Fsp3) is 0.429. The van der Waals surface area contributed by atoms with Crippen molar-refractivity contribution < 1.29 is 114 Å². The molecule has 4 heterocycles. The van der Waals surface area contributed by atoms with Gasteiger partial charge >= 0.3 is 5.97 Å². The normalized spacial score (nSPS) is 32.6. The minimum absolute atomic E-state index is 0.136. The standard InChI is InChI=1S/C42H46O24/c1-14-28(50)34(56)39(66-41-36(58)33(55)30(52)25(64-41)13-59-26(49)7-3-15-2-5-18(44)20(46)8-15)42(60-14)61-17-10-22(48)27-23(11-17)62-37(16-4-6-19(45)21(47)9-16)38(31(27)53)65-40-35(57)32(54)29(51)24(12-43)63-40/h2-11,14,24-25,28-30,32-36,39-48,50-52,54-58H,12-13H2,1H3/t14-,24+,25+,28-,29+,30+,32-,33-,34+,35+,36+,39+,40-,41-,42-/m0/s1. The molecule has 24 heteroatoms. The molecule has 0 amide bonds. The van der Waals surface area contributed by atoms with Gasteiger partial charge in [0, 0.05) is 23.8 Å². The lowest BCUT2D eigenvalue weighted by Gasteiger charge is -2.45. The molecule has 358 valence electrons. The molecule has 15 atom stereocenters. The Kier molecular flexibility index (Phi) is 14.3. The molecule has 0 radical (unpaired) electrons. The molecule has 3 aromatic carbocycles. The first-order valence-electron chi connectivity index (χ1n) is 20.0. The van der Waals surface area contributed by atoms with E-state index >= 15 is 0 Å². The van der Waals surface area contributed by atoms with E-state index < -0.39 is 168 Å². The zero-order valence-electron chi connectivity index (χ0n) is 34.2. The topological polar surface area (TPSA) is 395 Å². The maximum Gasteiger partial charge on any atom is 0.330 e. The molecule has 3 saturated heterocycles. The Morgan fingerprint density at radius 3 is 1.95 bits per heavy atom. The van der Waals surface area contributed by atoms with Gasteiger partial charge in [0.25, 0.3) is 0 Å². The van der Waals surface area contributed by atoms with Gasteiger partial charge in [0.05, 0.1) is 12.7 Å². The highest BCUT2D eigenvalue weighted by Crippen LogP contribution is 2.41. The number of carbonyl (C=O) groups excluding carboxylic acids is 1. The molecule has 14 N–H and O–H groups in total. The first-order valence-corrected chi connectivity index (χ1v) is 20.0. The highest BCUT2D eigenvalue weighted by molar-refractivity contribution is 5.89. The molecular formula is C42H46O24. The van der Waals surface area contributed by atoms with E-state index in [9.17, 15) is 81.1 Å². The van der Waals surface area contributed by atoms with Gasteiger partial charge in [-0.2, -0.15) is 0 Å². The summed E-state index contributed by atoms with van der Waals surface area (Å²) in [5.41, 5.74) is -1.41. The van der Waals surface area contributed by atoms with Crippen LogP contribution in [0.15, 0.2) is 63.8 Å².